The van der Waals surface area contributed by atoms with Crippen LogP contribution < -0.4 is 5.73 Å². The van der Waals surface area contributed by atoms with Crippen LogP contribution in [0.25, 0.3) is 22.3 Å². The minimum Gasteiger partial charge on any atom is -0.364 e. The number of aromatic nitrogens is 4. The third-order valence-corrected chi connectivity index (χ3v) is 2.63. The van der Waals surface area contributed by atoms with E-state index in [1.165, 1.54) is 0 Å². The van der Waals surface area contributed by atoms with Crippen LogP contribution in [0.2, 0.25) is 0 Å². The van der Waals surface area contributed by atoms with E-state index in [1.54, 1.807) is 18.5 Å². The first-order valence-corrected chi connectivity index (χ1v) is 5.31. The second kappa shape index (κ2) is 3.92. The van der Waals surface area contributed by atoms with Crippen LogP contribution in [0.5, 0.6) is 0 Å². The molecule has 0 atom stereocenters. The molecule has 3 aromatic rings. The van der Waals surface area contributed by atoms with E-state index in [0.29, 0.717) is 11.2 Å². The molecular formula is C12H9N5O. The fourth-order valence-electron chi connectivity index (χ4n) is 1.88. The van der Waals surface area contributed by atoms with Gasteiger partial charge < -0.3 is 5.73 Å². The van der Waals surface area contributed by atoms with Gasteiger partial charge in [-0.25, -0.2) is 9.97 Å². The number of carbonyl (C=O) groups is 1. The second-order valence-electron chi connectivity index (χ2n) is 3.74. The molecule has 88 valence electrons. The molecule has 0 unspecified atom stereocenters. The number of benzene rings is 1. The predicted octanol–water partition coefficient (Wildman–Crippen LogP) is 1.12. The van der Waals surface area contributed by atoms with Gasteiger partial charge in [0.15, 0.2) is 11.5 Å². The van der Waals surface area contributed by atoms with E-state index < -0.39 is 5.91 Å². The van der Waals surface area contributed by atoms with Gasteiger partial charge in [0, 0.05) is 23.3 Å². The fraction of sp³-hybridized carbons (Fsp3) is 0. The van der Waals surface area contributed by atoms with Crippen molar-refractivity contribution in [2.75, 3.05) is 0 Å². The van der Waals surface area contributed by atoms with Gasteiger partial charge in [-0.2, -0.15) is 5.10 Å². The van der Waals surface area contributed by atoms with Gasteiger partial charge in [-0.1, -0.05) is 12.1 Å². The van der Waals surface area contributed by atoms with E-state index in [1.807, 2.05) is 18.2 Å². The maximum absolute atomic E-state index is 11.4. The Balaban J connectivity index is 2.36. The molecule has 0 fully saturated rings. The average molecular weight is 239 g/mol. The molecular weight excluding hydrogens is 230 g/mol. The number of nitrogens with one attached hydrogen (secondary N) is 1. The molecule has 0 bridgehead atoms. The summed E-state index contributed by atoms with van der Waals surface area (Å²) >= 11 is 0. The van der Waals surface area contributed by atoms with Crippen molar-refractivity contribution in [1.82, 2.24) is 20.2 Å². The fourth-order valence-corrected chi connectivity index (χ4v) is 1.88. The van der Waals surface area contributed by atoms with Crippen LogP contribution in [0.15, 0.2) is 36.7 Å². The standard InChI is InChI=1S/C12H9N5O/c13-11(18)10-9-7(12-14-5-2-6-15-12)3-1-4-8(9)16-17-10/h1-6H,(H2,13,18)(H,16,17). The van der Waals surface area contributed by atoms with Gasteiger partial charge >= 0.3 is 0 Å². The van der Waals surface area contributed by atoms with Crippen LogP contribution in [0.1, 0.15) is 10.5 Å². The van der Waals surface area contributed by atoms with Gasteiger partial charge in [-0.15, -0.1) is 0 Å². The van der Waals surface area contributed by atoms with E-state index in [2.05, 4.69) is 20.2 Å². The topological polar surface area (TPSA) is 97.6 Å². The summed E-state index contributed by atoms with van der Waals surface area (Å²) in [6, 6.07) is 7.23. The summed E-state index contributed by atoms with van der Waals surface area (Å²) in [5.74, 6) is -0.0448. The summed E-state index contributed by atoms with van der Waals surface area (Å²) in [5.41, 5.74) is 6.97. The quantitative estimate of drug-likeness (QED) is 0.700. The number of H-pyrrole nitrogens is 1. The van der Waals surface area contributed by atoms with E-state index in [-0.39, 0.29) is 5.69 Å². The number of nitrogens with two attached hydrogens (primary N) is 1. The Bertz CT molecular complexity index is 720. The Kier molecular flexibility index (Phi) is 2.26. The Morgan fingerprint density at radius 3 is 2.67 bits per heavy atom. The Morgan fingerprint density at radius 1 is 1.17 bits per heavy atom. The maximum atomic E-state index is 11.4. The van der Waals surface area contributed by atoms with Gasteiger partial charge in [0.25, 0.3) is 5.91 Å². The summed E-state index contributed by atoms with van der Waals surface area (Å²) in [5, 5.41) is 7.35. The van der Waals surface area contributed by atoms with E-state index in [4.69, 9.17) is 5.73 Å². The van der Waals surface area contributed by atoms with Crippen LogP contribution in [0.3, 0.4) is 0 Å². The molecule has 2 aromatic heterocycles. The van der Waals surface area contributed by atoms with E-state index in [0.717, 1.165) is 11.1 Å². The van der Waals surface area contributed by atoms with Crippen LogP contribution in [-0.4, -0.2) is 26.1 Å². The van der Waals surface area contributed by atoms with Crippen LogP contribution in [-0.2, 0) is 0 Å². The molecule has 6 heteroatoms. The smallest absolute Gasteiger partial charge is 0.269 e. The molecule has 0 saturated heterocycles. The number of carbonyl (C=O) groups excluding carboxylic acids is 1. The Morgan fingerprint density at radius 2 is 1.94 bits per heavy atom. The lowest BCUT2D eigenvalue weighted by Gasteiger charge is -2.01. The minimum absolute atomic E-state index is 0.202. The zero-order valence-corrected chi connectivity index (χ0v) is 9.29. The second-order valence-corrected chi connectivity index (χ2v) is 3.74. The van der Waals surface area contributed by atoms with Crippen molar-refractivity contribution < 1.29 is 4.79 Å². The number of hydrogen-bond donors (Lipinski definition) is 2. The van der Waals surface area contributed by atoms with Gasteiger partial charge in [0.05, 0.1) is 5.52 Å². The molecule has 3 N–H and O–H groups in total. The number of primary amides is 1. The van der Waals surface area contributed by atoms with Crippen LogP contribution >= 0.6 is 0 Å². The zero-order valence-electron chi connectivity index (χ0n) is 9.29. The third-order valence-electron chi connectivity index (χ3n) is 2.63. The van der Waals surface area contributed by atoms with Crippen molar-refractivity contribution >= 4 is 16.8 Å². The first-order chi connectivity index (χ1) is 8.77. The van der Waals surface area contributed by atoms with Crippen molar-refractivity contribution in [3.05, 3.63) is 42.4 Å². The number of rotatable bonds is 2. The highest BCUT2D eigenvalue weighted by molar-refractivity contribution is 6.09. The molecule has 0 aliphatic rings. The molecule has 1 amide bonds. The normalized spacial score (nSPS) is 10.7. The molecule has 1 aromatic carbocycles. The molecule has 2 heterocycles. The van der Waals surface area contributed by atoms with Gasteiger partial charge in [-0.05, 0) is 12.1 Å². The Hall–Kier alpha value is -2.76. The molecule has 6 nitrogen and oxygen atoms in total. The summed E-state index contributed by atoms with van der Waals surface area (Å²) < 4.78 is 0. The zero-order chi connectivity index (χ0) is 12.5. The molecule has 0 saturated carbocycles. The largest absolute Gasteiger partial charge is 0.364 e. The number of fused-ring (bicyclic) bond motifs is 1. The lowest BCUT2D eigenvalue weighted by molar-refractivity contribution is 0.0997. The first-order valence-electron chi connectivity index (χ1n) is 5.31. The third kappa shape index (κ3) is 1.51. The maximum Gasteiger partial charge on any atom is 0.269 e. The Labute approximate surface area is 102 Å². The summed E-state index contributed by atoms with van der Waals surface area (Å²) in [7, 11) is 0. The number of hydrogen-bond acceptors (Lipinski definition) is 4. The van der Waals surface area contributed by atoms with Crippen molar-refractivity contribution in [3.8, 4) is 11.4 Å². The molecule has 0 aliphatic carbocycles. The predicted molar refractivity (Wildman–Crippen MR) is 65.6 cm³/mol. The average Bonchev–Trinajstić information content (AvgIpc) is 2.83. The highest BCUT2D eigenvalue weighted by atomic mass is 16.1. The van der Waals surface area contributed by atoms with E-state index in [9.17, 15) is 4.79 Å². The van der Waals surface area contributed by atoms with Gasteiger partial charge in [0.2, 0.25) is 0 Å². The molecule has 3 rings (SSSR count). The monoisotopic (exact) mass is 239 g/mol. The van der Waals surface area contributed by atoms with E-state index >= 15 is 0 Å². The number of aromatic amines is 1. The number of amides is 1. The molecule has 0 spiro atoms. The van der Waals surface area contributed by atoms with Gasteiger partial charge in [0.1, 0.15) is 0 Å². The lowest BCUT2D eigenvalue weighted by Crippen LogP contribution is -2.12. The molecule has 0 radical (unpaired) electrons. The summed E-state index contributed by atoms with van der Waals surface area (Å²) in [6.07, 6.45) is 3.29. The molecule has 18 heavy (non-hydrogen) atoms. The van der Waals surface area contributed by atoms with Gasteiger partial charge in [-0.3, -0.25) is 9.89 Å². The van der Waals surface area contributed by atoms with Crippen LogP contribution in [0, 0.1) is 0 Å². The van der Waals surface area contributed by atoms with Crippen molar-refractivity contribution in [3.63, 3.8) is 0 Å². The highest BCUT2D eigenvalue weighted by Gasteiger charge is 2.16. The van der Waals surface area contributed by atoms with Crippen LogP contribution in [0.4, 0.5) is 0 Å². The van der Waals surface area contributed by atoms with Crippen molar-refractivity contribution in [2.45, 2.75) is 0 Å². The first kappa shape index (κ1) is 10.4. The highest BCUT2D eigenvalue weighted by Crippen LogP contribution is 2.27. The summed E-state index contributed by atoms with van der Waals surface area (Å²) in [6.45, 7) is 0. The SMILES string of the molecule is NC(=O)c1n[nH]c2cccc(-c3ncccn3)c12. The lowest BCUT2D eigenvalue weighted by atomic mass is 10.1. The minimum atomic E-state index is -0.579. The summed E-state index contributed by atoms with van der Waals surface area (Å²) in [4.78, 5) is 19.7. The molecule has 0 aliphatic heterocycles. The van der Waals surface area contributed by atoms with Crippen molar-refractivity contribution in [2.24, 2.45) is 5.73 Å². The van der Waals surface area contributed by atoms with Crippen molar-refractivity contribution in [1.29, 1.82) is 0 Å². The number of nitrogens with zero attached hydrogens (tertiary/aromatic N) is 3.